The Morgan fingerprint density at radius 1 is 1.16 bits per heavy atom. The van der Waals surface area contributed by atoms with Crippen LogP contribution in [-0.4, -0.2) is 58.0 Å². The van der Waals surface area contributed by atoms with Crippen molar-refractivity contribution in [1.29, 1.82) is 0 Å². The Morgan fingerprint density at radius 2 is 1.76 bits per heavy atom. The number of hydrogen-bond donors (Lipinski definition) is 1. The summed E-state index contributed by atoms with van der Waals surface area (Å²) < 4.78 is 0.757. The van der Waals surface area contributed by atoms with Gasteiger partial charge in [-0.15, -0.1) is 0 Å². The molecule has 2 fully saturated rings. The van der Waals surface area contributed by atoms with Crippen molar-refractivity contribution in [1.82, 2.24) is 20.0 Å². The van der Waals surface area contributed by atoms with Gasteiger partial charge in [-0.3, -0.25) is 14.7 Å². The largest absolute Gasteiger partial charge is 0.339 e. The summed E-state index contributed by atoms with van der Waals surface area (Å²) in [5, 5.41) is 7.14. The summed E-state index contributed by atoms with van der Waals surface area (Å²) in [6, 6.07) is 0. The van der Waals surface area contributed by atoms with Crippen molar-refractivity contribution in [2.45, 2.75) is 51.9 Å². The molecule has 0 spiro atoms. The molecule has 0 aromatic carbocycles. The first-order valence-electron chi connectivity index (χ1n) is 9.28. The van der Waals surface area contributed by atoms with E-state index in [1.54, 1.807) is 4.90 Å². The Balaban J connectivity index is 1.54. The second-order valence-electron chi connectivity index (χ2n) is 7.48. The zero-order chi connectivity index (χ0) is 18.0. The van der Waals surface area contributed by atoms with E-state index in [-0.39, 0.29) is 17.7 Å². The highest BCUT2D eigenvalue weighted by Gasteiger charge is 2.29. The first kappa shape index (κ1) is 18.4. The van der Waals surface area contributed by atoms with E-state index in [1.165, 1.54) is 25.7 Å². The number of aromatic amines is 1. The molecule has 1 aromatic rings. The molecule has 138 valence electrons. The van der Waals surface area contributed by atoms with Crippen molar-refractivity contribution in [2.24, 2.45) is 5.92 Å². The number of nitrogens with zero attached hydrogens (tertiary/aromatic N) is 3. The molecule has 7 heteroatoms. The average Bonchev–Trinajstić information content (AvgIpc) is 3.24. The number of piperazine rings is 1. The predicted octanol–water partition coefficient (Wildman–Crippen LogP) is 3.16. The Kier molecular flexibility index (Phi) is 5.81. The molecule has 1 N–H and O–H groups in total. The molecule has 3 rings (SSSR count). The molecule has 2 heterocycles. The van der Waals surface area contributed by atoms with Gasteiger partial charge in [-0.2, -0.15) is 5.10 Å². The van der Waals surface area contributed by atoms with Gasteiger partial charge in [-0.1, -0.05) is 26.7 Å². The molecule has 0 unspecified atom stereocenters. The Labute approximate surface area is 157 Å². The van der Waals surface area contributed by atoms with Crippen LogP contribution in [0.15, 0.2) is 4.47 Å². The van der Waals surface area contributed by atoms with Gasteiger partial charge in [0, 0.05) is 32.6 Å². The average molecular weight is 411 g/mol. The number of amides is 2. The minimum absolute atomic E-state index is 0.0714. The molecular formula is C18H27BrN4O2. The van der Waals surface area contributed by atoms with Gasteiger partial charge >= 0.3 is 0 Å². The first-order chi connectivity index (χ1) is 12.0. The van der Waals surface area contributed by atoms with Crippen LogP contribution in [0.5, 0.6) is 0 Å². The summed E-state index contributed by atoms with van der Waals surface area (Å²) in [5.41, 5.74) is 1.38. The lowest BCUT2D eigenvalue weighted by Gasteiger charge is -2.35. The molecule has 1 aromatic heterocycles. The molecule has 2 aliphatic rings. The summed E-state index contributed by atoms with van der Waals surface area (Å²) in [6.07, 6.45) is 5.58. The zero-order valence-electron chi connectivity index (χ0n) is 15.1. The number of nitrogens with one attached hydrogen (secondary N) is 1. The first-order valence-corrected chi connectivity index (χ1v) is 10.1. The molecule has 25 heavy (non-hydrogen) atoms. The van der Waals surface area contributed by atoms with Crippen LogP contribution in [-0.2, 0) is 4.79 Å². The van der Waals surface area contributed by atoms with Crippen molar-refractivity contribution in [3.05, 3.63) is 15.9 Å². The molecular weight excluding hydrogens is 384 g/mol. The summed E-state index contributed by atoms with van der Waals surface area (Å²) in [4.78, 5) is 28.9. The fraction of sp³-hybridized carbons (Fsp3) is 0.722. The van der Waals surface area contributed by atoms with Crippen LogP contribution in [0.25, 0.3) is 0 Å². The molecule has 0 bridgehead atoms. The molecule has 2 amide bonds. The molecule has 1 saturated carbocycles. The molecule has 1 saturated heterocycles. The van der Waals surface area contributed by atoms with E-state index in [0.29, 0.717) is 44.2 Å². The number of aromatic nitrogens is 2. The standard InChI is InChI=1S/C18H27BrN4O2/c1-12(2)16-15(19)17(21-20-16)18(25)23-9-7-22(8-10-23)14(24)11-13-5-3-4-6-13/h12-13H,3-11H2,1-2H3,(H,20,21). The van der Waals surface area contributed by atoms with Gasteiger partial charge in [-0.25, -0.2) is 0 Å². The van der Waals surface area contributed by atoms with Crippen LogP contribution in [0, 0.1) is 5.92 Å². The highest BCUT2D eigenvalue weighted by molar-refractivity contribution is 9.10. The van der Waals surface area contributed by atoms with Crippen LogP contribution >= 0.6 is 15.9 Å². The van der Waals surface area contributed by atoms with Gasteiger partial charge in [0.15, 0.2) is 5.69 Å². The van der Waals surface area contributed by atoms with Crippen molar-refractivity contribution in [2.75, 3.05) is 26.2 Å². The Hall–Kier alpha value is -1.37. The van der Waals surface area contributed by atoms with Crippen LogP contribution in [0.1, 0.15) is 68.1 Å². The smallest absolute Gasteiger partial charge is 0.275 e. The fourth-order valence-corrected chi connectivity index (χ4v) is 4.57. The third kappa shape index (κ3) is 4.07. The van der Waals surface area contributed by atoms with Gasteiger partial charge in [-0.05, 0) is 40.6 Å². The summed E-state index contributed by atoms with van der Waals surface area (Å²) in [7, 11) is 0. The topological polar surface area (TPSA) is 69.3 Å². The maximum atomic E-state index is 12.7. The number of rotatable bonds is 4. The fourth-order valence-electron chi connectivity index (χ4n) is 3.77. The van der Waals surface area contributed by atoms with E-state index >= 15 is 0 Å². The van der Waals surface area contributed by atoms with Gasteiger partial charge < -0.3 is 9.80 Å². The second kappa shape index (κ2) is 7.89. The highest BCUT2D eigenvalue weighted by Crippen LogP contribution is 2.29. The van der Waals surface area contributed by atoms with Crippen LogP contribution in [0.2, 0.25) is 0 Å². The van der Waals surface area contributed by atoms with E-state index in [9.17, 15) is 9.59 Å². The van der Waals surface area contributed by atoms with E-state index in [1.807, 2.05) is 4.90 Å². The number of hydrogen-bond acceptors (Lipinski definition) is 3. The van der Waals surface area contributed by atoms with Gasteiger partial charge in [0.25, 0.3) is 5.91 Å². The predicted molar refractivity (Wildman–Crippen MR) is 99.4 cm³/mol. The van der Waals surface area contributed by atoms with Gasteiger partial charge in [0.05, 0.1) is 10.2 Å². The monoisotopic (exact) mass is 410 g/mol. The van der Waals surface area contributed by atoms with E-state index in [4.69, 9.17) is 0 Å². The minimum atomic E-state index is -0.0714. The van der Waals surface area contributed by atoms with Crippen LogP contribution in [0.4, 0.5) is 0 Å². The van der Waals surface area contributed by atoms with Crippen molar-refractivity contribution in [3.63, 3.8) is 0 Å². The van der Waals surface area contributed by atoms with Crippen molar-refractivity contribution >= 4 is 27.7 Å². The molecule has 1 aliphatic carbocycles. The zero-order valence-corrected chi connectivity index (χ0v) is 16.6. The number of halogens is 1. The SMILES string of the molecule is CC(C)c1[nH]nc(C(=O)N2CCN(C(=O)CC3CCCC3)CC2)c1Br. The molecule has 0 atom stereocenters. The van der Waals surface area contributed by atoms with E-state index < -0.39 is 0 Å². The van der Waals surface area contributed by atoms with Crippen LogP contribution in [0.3, 0.4) is 0 Å². The lowest BCUT2D eigenvalue weighted by atomic mass is 10.0. The Morgan fingerprint density at radius 3 is 2.32 bits per heavy atom. The summed E-state index contributed by atoms with van der Waals surface area (Å²) in [5.74, 6) is 1.02. The lowest BCUT2D eigenvalue weighted by Crippen LogP contribution is -2.51. The number of H-pyrrole nitrogens is 1. The maximum Gasteiger partial charge on any atom is 0.275 e. The van der Waals surface area contributed by atoms with Gasteiger partial charge in [0.1, 0.15) is 0 Å². The normalized spacial score (nSPS) is 19.0. The quantitative estimate of drug-likeness (QED) is 0.828. The van der Waals surface area contributed by atoms with Crippen molar-refractivity contribution in [3.8, 4) is 0 Å². The highest BCUT2D eigenvalue weighted by atomic mass is 79.9. The van der Waals surface area contributed by atoms with E-state index in [0.717, 1.165) is 10.2 Å². The number of carbonyl (C=O) groups is 2. The third-order valence-corrected chi connectivity index (χ3v) is 6.17. The van der Waals surface area contributed by atoms with Gasteiger partial charge in [0.2, 0.25) is 5.91 Å². The summed E-state index contributed by atoms with van der Waals surface area (Å²) >= 11 is 3.50. The van der Waals surface area contributed by atoms with E-state index in [2.05, 4.69) is 40.0 Å². The minimum Gasteiger partial charge on any atom is -0.339 e. The third-order valence-electron chi connectivity index (χ3n) is 5.37. The Bertz CT molecular complexity index is 629. The van der Waals surface area contributed by atoms with Crippen LogP contribution < -0.4 is 0 Å². The molecule has 6 nitrogen and oxygen atoms in total. The number of carbonyl (C=O) groups excluding carboxylic acids is 2. The lowest BCUT2D eigenvalue weighted by molar-refractivity contribution is -0.133. The summed E-state index contributed by atoms with van der Waals surface area (Å²) in [6.45, 7) is 6.51. The molecule has 1 aliphatic heterocycles. The van der Waals surface area contributed by atoms with Crippen molar-refractivity contribution < 1.29 is 9.59 Å². The molecule has 0 radical (unpaired) electrons. The second-order valence-corrected chi connectivity index (χ2v) is 8.28. The maximum absolute atomic E-state index is 12.7.